The van der Waals surface area contributed by atoms with E-state index in [9.17, 15) is 0 Å². The first kappa shape index (κ1) is 7.70. The third-order valence-electron chi connectivity index (χ3n) is 0.853. The second kappa shape index (κ2) is 3.13. The first-order chi connectivity index (χ1) is 4.24. The second-order valence-corrected chi connectivity index (χ2v) is 4.47. The zero-order chi connectivity index (χ0) is 6.85. The van der Waals surface area contributed by atoms with Crippen LogP contribution in [0.5, 0.6) is 0 Å². The summed E-state index contributed by atoms with van der Waals surface area (Å²) in [6, 6.07) is 0. The molecular weight excluding hydrogens is 344 g/mol. The number of hydrogen-bond donors (Lipinski definition) is 0. The van der Waals surface area contributed by atoms with Gasteiger partial charge < -0.3 is 0 Å². The van der Waals surface area contributed by atoms with Crippen molar-refractivity contribution in [1.82, 2.24) is 14.8 Å². The van der Waals surface area contributed by atoms with E-state index in [0.717, 1.165) is 7.66 Å². The molecule has 0 saturated heterocycles. The van der Waals surface area contributed by atoms with Crippen LogP contribution in [0.2, 0.25) is 0 Å². The van der Waals surface area contributed by atoms with Gasteiger partial charge in [-0.2, -0.15) is 0 Å². The summed E-state index contributed by atoms with van der Waals surface area (Å²) in [6.45, 7) is 0. The van der Waals surface area contributed by atoms with Crippen LogP contribution in [0.25, 0.3) is 0 Å². The van der Waals surface area contributed by atoms with E-state index in [1.807, 2.05) is 11.7 Å². The minimum absolute atomic E-state index is 0.0930. The zero-order valence-corrected chi connectivity index (χ0v) is 9.41. The van der Waals surface area contributed by atoms with Crippen molar-refractivity contribution < 1.29 is 21.2 Å². The Balaban J connectivity index is 3.01. The first-order valence-corrected chi connectivity index (χ1v) is 6.61. The van der Waals surface area contributed by atoms with Gasteiger partial charge in [0.15, 0.2) is 0 Å². The standard InChI is InChI=1S/C4H6I2N3/c1-6-4-7-3(5)8-9(4)2/h1-2H3/q-1. The Bertz CT molecular complexity index is 208. The van der Waals surface area contributed by atoms with Crippen molar-refractivity contribution in [2.24, 2.45) is 7.05 Å². The van der Waals surface area contributed by atoms with Crippen LogP contribution in [0.1, 0.15) is 0 Å². The van der Waals surface area contributed by atoms with E-state index in [-0.39, 0.29) is 21.2 Å². The molecule has 0 aliphatic rings. The van der Waals surface area contributed by atoms with Gasteiger partial charge in [-0.05, 0) is 0 Å². The van der Waals surface area contributed by atoms with Gasteiger partial charge in [-0.15, -0.1) is 0 Å². The van der Waals surface area contributed by atoms with E-state index in [2.05, 4.69) is 37.6 Å². The van der Waals surface area contributed by atoms with Crippen molar-refractivity contribution in [3.8, 4) is 0 Å². The molecule has 0 aliphatic heterocycles. The van der Waals surface area contributed by atoms with Crippen molar-refractivity contribution in [3.05, 3.63) is 7.66 Å². The van der Waals surface area contributed by atoms with E-state index >= 15 is 0 Å². The summed E-state index contributed by atoms with van der Waals surface area (Å²) in [7, 11) is 1.94. The zero-order valence-electron chi connectivity index (χ0n) is 5.10. The Morgan fingerprint density at radius 3 is 2.56 bits per heavy atom. The van der Waals surface area contributed by atoms with Gasteiger partial charge in [-0.25, -0.2) is 0 Å². The summed E-state index contributed by atoms with van der Waals surface area (Å²) in [4.78, 5) is 6.40. The minimum atomic E-state index is 0.0930. The average molecular weight is 350 g/mol. The molecule has 0 unspecified atom stereocenters. The molecule has 9 heavy (non-hydrogen) atoms. The summed E-state index contributed by atoms with van der Waals surface area (Å²) >= 11 is 2.22. The molecule has 0 amide bonds. The summed E-state index contributed by atoms with van der Waals surface area (Å²) in [5.74, 6) is 0. The quantitative estimate of drug-likeness (QED) is 0.408. The number of hydrogen-bond acceptors (Lipinski definition) is 2. The molecule has 0 aliphatic carbocycles. The van der Waals surface area contributed by atoms with Crippen molar-refractivity contribution in [2.45, 2.75) is 0 Å². The number of halogens is 2. The fourth-order valence-electron chi connectivity index (χ4n) is 0.500. The molecular formula is C4H6I2N3-. The fraction of sp³-hybridized carbons (Fsp3) is 0.500. The Morgan fingerprint density at radius 1 is 1.67 bits per heavy atom. The van der Waals surface area contributed by atoms with Gasteiger partial charge in [0.05, 0.1) is 0 Å². The van der Waals surface area contributed by atoms with E-state index < -0.39 is 0 Å². The monoisotopic (exact) mass is 350 g/mol. The SMILES string of the molecule is C[I-]c1nc(I)nn1C. The Labute approximate surface area is 77.6 Å². The number of aryl methyl sites for hydroxylation is 1. The van der Waals surface area contributed by atoms with E-state index in [1.54, 1.807) is 0 Å². The molecule has 0 saturated carbocycles. The van der Waals surface area contributed by atoms with Gasteiger partial charge >= 0.3 is 78.2 Å². The maximum atomic E-state index is 4.22. The summed E-state index contributed by atoms with van der Waals surface area (Å²) in [5, 5.41) is 4.10. The molecule has 1 aromatic heterocycles. The molecule has 1 rings (SSSR count). The number of rotatable bonds is 1. The van der Waals surface area contributed by atoms with Gasteiger partial charge in [-0.1, -0.05) is 0 Å². The molecule has 0 N–H and O–H groups in total. The van der Waals surface area contributed by atoms with Crippen molar-refractivity contribution in [2.75, 3.05) is 4.93 Å². The van der Waals surface area contributed by atoms with Gasteiger partial charge in [0.25, 0.3) is 0 Å². The molecule has 1 aromatic rings. The van der Waals surface area contributed by atoms with E-state index in [0.29, 0.717) is 0 Å². The van der Waals surface area contributed by atoms with Gasteiger partial charge in [0.2, 0.25) is 0 Å². The summed E-state index contributed by atoms with van der Waals surface area (Å²) < 4.78 is 3.86. The molecule has 3 nitrogen and oxygen atoms in total. The van der Waals surface area contributed by atoms with Crippen LogP contribution in [0.3, 0.4) is 0 Å². The number of alkyl halides is 1. The third-order valence-corrected chi connectivity index (χ3v) is 3.21. The first-order valence-electron chi connectivity index (χ1n) is 2.30. The van der Waals surface area contributed by atoms with Crippen LogP contribution in [0, 0.1) is 7.66 Å². The summed E-state index contributed by atoms with van der Waals surface area (Å²) in [5.41, 5.74) is 0. The van der Waals surface area contributed by atoms with Crippen molar-refractivity contribution in [3.63, 3.8) is 0 Å². The van der Waals surface area contributed by atoms with Gasteiger partial charge in [0.1, 0.15) is 0 Å². The molecule has 5 heteroatoms. The van der Waals surface area contributed by atoms with Crippen LogP contribution in [0.4, 0.5) is 0 Å². The summed E-state index contributed by atoms with van der Waals surface area (Å²) in [6.07, 6.45) is 0. The van der Waals surface area contributed by atoms with Crippen LogP contribution in [-0.2, 0) is 7.05 Å². The van der Waals surface area contributed by atoms with E-state index in [4.69, 9.17) is 0 Å². The second-order valence-electron chi connectivity index (χ2n) is 1.46. The third kappa shape index (κ3) is 1.76. The van der Waals surface area contributed by atoms with Crippen LogP contribution in [0.15, 0.2) is 0 Å². The Kier molecular flexibility index (Phi) is 2.68. The van der Waals surface area contributed by atoms with Crippen LogP contribution < -0.4 is 21.2 Å². The van der Waals surface area contributed by atoms with Gasteiger partial charge in [0, 0.05) is 0 Å². The molecule has 0 aromatic carbocycles. The van der Waals surface area contributed by atoms with E-state index in [1.165, 1.54) is 0 Å². The van der Waals surface area contributed by atoms with Crippen molar-refractivity contribution in [1.29, 1.82) is 0 Å². The molecule has 0 spiro atoms. The number of aromatic nitrogens is 3. The Hall–Kier alpha value is 0.600. The van der Waals surface area contributed by atoms with Gasteiger partial charge in [-0.3, -0.25) is 0 Å². The van der Waals surface area contributed by atoms with Crippen LogP contribution in [-0.4, -0.2) is 19.7 Å². The molecule has 0 bridgehead atoms. The molecule has 1 heterocycles. The molecule has 0 atom stereocenters. The predicted octanol–water partition coefficient (Wildman–Crippen LogP) is -2.69. The molecule has 0 radical (unpaired) electrons. The topological polar surface area (TPSA) is 30.7 Å². The Morgan fingerprint density at radius 2 is 2.33 bits per heavy atom. The fourth-order valence-corrected chi connectivity index (χ4v) is 2.79. The van der Waals surface area contributed by atoms with Crippen molar-refractivity contribution >= 4 is 22.6 Å². The maximum absolute atomic E-state index is 4.22. The number of nitrogens with zero attached hydrogens (tertiary/aromatic N) is 3. The molecule has 0 fully saturated rings. The molecule has 52 valence electrons. The normalized spacial score (nSPS) is 10.6. The average Bonchev–Trinajstić information content (AvgIpc) is 2.10. The van der Waals surface area contributed by atoms with Crippen LogP contribution >= 0.6 is 22.6 Å². The predicted molar refractivity (Wildman–Crippen MR) is 38.3 cm³/mol.